The molecule has 0 radical (unpaired) electrons. The van der Waals surface area contributed by atoms with E-state index in [4.69, 9.17) is 17.3 Å². The fraction of sp³-hybridized carbons (Fsp3) is 0.0769. The predicted octanol–water partition coefficient (Wildman–Crippen LogP) is 3.53. The maximum atomic E-state index is 5.90. The number of anilines is 2. The Hall–Kier alpha value is -1.67. The molecular weight excluding hydrogens is 220 g/mol. The summed E-state index contributed by atoms with van der Waals surface area (Å²) in [4.78, 5) is 0. The zero-order chi connectivity index (χ0) is 11.4. The molecule has 0 aliphatic rings. The van der Waals surface area contributed by atoms with E-state index in [-0.39, 0.29) is 0 Å². The molecule has 0 heterocycles. The largest absolute Gasteiger partial charge is 0.399 e. The molecule has 2 nitrogen and oxygen atoms in total. The lowest BCUT2D eigenvalue weighted by Crippen LogP contribution is -1.99. The summed E-state index contributed by atoms with van der Waals surface area (Å²) in [5.74, 6) is 0. The number of nitrogens with two attached hydrogens (primary N) is 1. The fourth-order valence-electron chi connectivity index (χ4n) is 1.50. The van der Waals surface area contributed by atoms with Crippen molar-refractivity contribution in [3.05, 3.63) is 59.1 Å². The zero-order valence-electron chi connectivity index (χ0n) is 8.78. The van der Waals surface area contributed by atoms with E-state index >= 15 is 0 Å². The lowest BCUT2D eigenvalue weighted by atomic mass is 10.2. The average Bonchev–Trinajstić information content (AvgIpc) is 2.27. The molecule has 0 aliphatic carbocycles. The summed E-state index contributed by atoms with van der Waals surface area (Å²) in [5.41, 5.74) is 8.61. The van der Waals surface area contributed by atoms with E-state index in [1.807, 2.05) is 48.5 Å². The van der Waals surface area contributed by atoms with E-state index in [0.717, 1.165) is 28.5 Å². The van der Waals surface area contributed by atoms with Crippen LogP contribution in [0.2, 0.25) is 5.02 Å². The van der Waals surface area contributed by atoms with Gasteiger partial charge in [-0.1, -0.05) is 29.8 Å². The fourth-order valence-corrected chi connectivity index (χ4v) is 1.71. The van der Waals surface area contributed by atoms with Crippen molar-refractivity contribution in [2.75, 3.05) is 11.1 Å². The maximum Gasteiger partial charge on any atom is 0.0409 e. The van der Waals surface area contributed by atoms with Gasteiger partial charge in [-0.2, -0.15) is 0 Å². The molecule has 0 spiro atoms. The highest BCUT2D eigenvalue weighted by atomic mass is 35.5. The molecule has 0 saturated heterocycles. The molecule has 0 bridgehead atoms. The van der Waals surface area contributed by atoms with Gasteiger partial charge in [0.15, 0.2) is 0 Å². The van der Waals surface area contributed by atoms with Crippen LogP contribution in [-0.4, -0.2) is 0 Å². The SMILES string of the molecule is Nc1cccc(NCc2cccc(Cl)c2)c1. The van der Waals surface area contributed by atoms with Crippen LogP contribution in [0, 0.1) is 0 Å². The highest BCUT2D eigenvalue weighted by molar-refractivity contribution is 6.30. The molecule has 0 fully saturated rings. The molecule has 0 saturated carbocycles. The van der Waals surface area contributed by atoms with E-state index in [1.165, 1.54) is 0 Å². The Morgan fingerprint density at radius 1 is 1.06 bits per heavy atom. The van der Waals surface area contributed by atoms with Gasteiger partial charge >= 0.3 is 0 Å². The van der Waals surface area contributed by atoms with Gasteiger partial charge in [-0.25, -0.2) is 0 Å². The van der Waals surface area contributed by atoms with E-state index in [9.17, 15) is 0 Å². The first kappa shape index (κ1) is 10.8. The first-order chi connectivity index (χ1) is 7.74. The van der Waals surface area contributed by atoms with Gasteiger partial charge in [-0.3, -0.25) is 0 Å². The van der Waals surface area contributed by atoms with Crippen molar-refractivity contribution >= 4 is 23.0 Å². The summed E-state index contributed by atoms with van der Waals surface area (Å²) in [6.07, 6.45) is 0. The smallest absolute Gasteiger partial charge is 0.0409 e. The van der Waals surface area contributed by atoms with Crippen LogP contribution >= 0.6 is 11.6 Å². The number of rotatable bonds is 3. The van der Waals surface area contributed by atoms with Crippen LogP contribution in [0.3, 0.4) is 0 Å². The average molecular weight is 233 g/mol. The van der Waals surface area contributed by atoms with Crippen LogP contribution in [0.4, 0.5) is 11.4 Å². The summed E-state index contributed by atoms with van der Waals surface area (Å²) >= 11 is 5.90. The van der Waals surface area contributed by atoms with Crippen LogP contribution in [0.1, 0.15) is 5.56 Å². The zero-order valence-corrected chi connectivity index (χ0v) is 9.54. The Kier molecular flexibility index (Phi) is 3.32. The number of halogens is 1. The third kappa shape index (κ3) is 2.91. The van der Waals surface area contributed by atoms with Gasteiger partial charge in [-0.05, 0) is 35.9 Å². The van der Waals surface area contributed by atoms with Crippen molar-refractivity contribution < 1.29 is 0 Å². The Bertz CT molecular complexity index is 437. The highest BCUT2D eigenvalue weighted by Gasteiger charge is 1.95. The monoisotopic (exact) mass is 232 g/mol. The second-order valence-electron chi connectivity index (χ2n) is 3.61. The second-order valence-corrected chi connectivity index (χ2v) is 4.05. The van der Waals surface area contributed by atoms with Crippen molar-refractivity contribution in [1.82, 2.24) is 0 Å². The lowest BCUT2D eigenvalue weighted by Gasteiger charge is -2.07. The van der Waals surface area contributed by atoms with Crippen molar-refractivity contribution in [2.24, 2.45) is 0 Å². The molecule has 0 aromatic heterocycles. The molecule has 2 rings (SSSR count). The van der Waals surface area contributed by atoms with Crippen LogP contribution in [0.15, 0.2) is 48.5 Å². The molecule has 0 atom stereocenters. The van der Waals surface area contributed by atoms with Gasteiger partial charge in [0.1, 0.15) is 0 Å². The summed E-state index contributed by atoms with van der Waals surface area (Å²) in [5, 5.41) is 4.05. The number of hydrogen-bond acceptors (Lipinski definition) is 2. The molecule has 2 aromatic rings. The Balaban J connectivity index is 2.02. The molecule has 3 heteroatoms. The molecule has 82 valence electrons. The predicted molar refractivity (Wildman–Crippen MR) is 69.6 cm³/mol. The van der Waals surface area contributed by atoms with Gasteiger partial charge in [-0.15, -0.1) is 0 Å². The van der Waals surface area contributed by atoms with Gasteiger partial charge in [0, 0.05) is 22.9 Å². The number of benzene rings is 2. The second kappa shape index (κ2) is 4.90. The molecule has 0 unspecified atom stereocenters. The van der Waals surface area contributed by atoms with Gasteiger partial charge in [0.05, 0.1) is 0 Å². The summed E-state index contributed by atoms with van der Waals surface area (Å²) in [6.45, 7) is 0.740. The minimum Gasteiger partial charge on any atom is -0.399 e. The minimum absolute atomic E-state index is 0.740. The van der Waals surface area contributed by atoms with Crippen LogP contribution in [-0.2, 0) is 6.54 Å². The molecule has 16 heavy (non-hydrogen) atoms. The van der Waals surface area contributed by atoms with Crippen molar-refractivity contribution in [1.29, 1.82) is 0 Å². The number of nitrogens with one attached hydrogen (secondary N) is 1. The normalized spacial score (nSPS) is 10.1. The quantitative estimate of drug-likeness (QED) is 0.795. The van der Waals surface area contributed by atoms with E-state index in [1.54, 1.807) is 0 Å². The summed E-state index contributed by atoms with van der Waals surface area (Å²) in [6, 6.07) is 15.5. The molecular formula is C13H13ClN2. The first-order valence-corrected chi connectivity index (χ1v) is 5.46. The van der Waals surface area contributed by atoms with Crippen molar-refractivity contribution in [2.45, 2.75) is 6.54 Å². The van der Waals surface area contributed by atoms with Crippen LogP contribution in [0.5, 0.6) is 0 Å². The molecule has 0 aliphatic heterocycles. The lowest BCUT2D eigenvalue weighted by molar-refractivity contribution is 1.15. The van der Waals surface area contributed by atoms with Crippen molar-refractivity contribution in [3.8, 4) is 0 Å². The Morgan fingerprint density at radius 2 is 1.88 bits per heavy atom. The minimum atomic E-state index is 0.740. The maximum absolute atomic E-state index is 5.90. The van der Waals surface area contributed by atoms with Crippen molar-refractivity contribution in [3.63, 3.8) is 0 Å². The van der Waals surface area contributed by atoms with E-state index in [2.05, 4.69) is 5.32 Å². The Labute approximate surface area is 100 Å². The van der Waals surface area contributed by atoms with Gasteiger partial charge in [0.25, 0.3) is 0 Å². The molecule has 3 N–H and O–H groups in total. The number of nitrogen functional groups attached to an aromatic ring is 1. The highest BCUT2D eigenvalue weighted by Crippen LogP contribution is 2.15. The van der Waals surface area contributed by atoms with Crippen LogP contribution in [0.25, 0.3) is 0 Å². The summed E-state index contributed by atoms with van der Waals surface area (Å²) < 4.78 is 0. The van der Waals surface area contributed by atoms with E-state index in [0.29, 0.717) is 0 Å². The van der Waals surface area contributed by atoms with Gasteiger partial charge < -0.3 is 11.1 Å². The third-order valence-corrected chi connectivity index (χ3v) is 2.51. The molecule has 2 aromatic carbocycles. The topological polar surface area (TPSA) is 38.0 Å². The van der Waals surface area contributed by atoms with E-state index < -0.39 is 0 Å². The van der Waals surface area contributed by atoms with Crippen LogP contribution < -0.4 is 11.1 Å². The number of hydrogen-bond donors (Lipinski definition) is 2. The third-order valence-electron chi connectivity index (χ3n) is 2.27. The first-order valence-electron chi connectivity index (χ1n) is 5.08. The van der Waals surface area contributed by atoms with Gasteiger partial charge in [0.2, 0.25) is 0 Å². The Morgan fingerprint density at radius 3 is 2.62 bits per heavy atom. The summed E-state index contributed by atoms with van der Waals surface area (Å²) in [7, 11) is 0. The molecule has 0 amide bonds. The standard InChI is InChI=1S/C13H13ClN2/c14-11-4-1-3-10(7-11)9-16-13-6-2-5-12(15)8-13/h1-8,16H,9,15H2.